The minimum Gasteiger partial charge on any atom is -0.358 e. The SMILES string of the molecule is CNC(=O)C1(C(=O)NCC(F)(F)CN)CC1. The van der Waals surface area contributed by atoms with E-state index in [0.717, 1.165) is 0 Å². The molecule has 0 heterocycles. The Kier molecular flexibility index (Phi) is 3.47. The first-order valence-corrected chi connectivity index (χ1v) is 4.96. The number of alkyl halides is 2. The van der Waals surface area contributed by atoms with Crippen LogP contribution >= 0.6 is 0 Å². The van der Waals surface area contributed by atoms with Gasteiger partial charge in [0.2, 0.25) is 11.8 Å². The molecule has 0 aromatic carbocycles. The number of halogens is 2. The first-order valence-electron chi connectivity index (χ1n) is 4.96. The molecule has 2 amide bonds. The Hall–Kier alpha value is -1.24. The summed E-state index contributed by atoms with van der Waals surface area (Å²) in [6.07, 6.45) is 0.791. The van der Waals surface area contributed by atoms with Gasteiger partial charge in [-0.15, -0.1) is 0 Å². The maximum absolute atomic E-state index is 12.8. The standard InChI is InChI=1S/C9H15F2N3O2/c1-13-6(15)8(2-3-8)7(16)14-5-9(10,11)4-12/h2-5,12H2,1H3,(H,13,15)(H,14,16). The highest BCUT2D eigenvalue weighted by atomic mass is 19.3. The smallest absolute Gasteiger partial charge is 0.277 e. The average Bonchev–Trinajstić information content (AvgIpc) is 3.06. The first kappa shape index (κ1) is 12.8. The molecule has 0 aromatic heterocycles. The molecule has 0 radical (unpaired) electrons. The van der Waals surface area contributed by atoms with Crippen LogP contribution in [0.4, 0.5) is 8.78 Å². The van der Waals surface area contributed by atoms with Gasteiger partial charge in [-0.3, -0.25) is 9.59 Å². The normalized spacial score (nSPS) is 17.8. The fourth-order valence-corrected chi connectivity index (χ4v) is 1.37. The fraction of sp³-hybridized carbons (Fsp3) is 0.778. The third-order valence-corrected chi connectivity index (χ3v) is 2.65. The lowest BCUT2D eigenvalue weighted by Gasteiger charge is -2.18. The van der Waals surface area contributed by atoms with Crippen molar-refractivity contribution in [2.24, 2.45) is 11.1 Å². The predicted molar refractivity (Wildman–Crippen MR) is 52.7 cm³/mol. The van der Waals surface area contributed by atoms with Crippen molar-refractivity contribution in [3.05, 3.63) is 0 Å². The first-order chi connectivity index (χ1) is 7.38. The number of rotatable bonds is 5. The summed E-state index contributed by atoms with van der Waals surface area (Å²) in [7, 11) is 1.41. The van der Waals surface area contributed by atoms with E-state index in [4.69, 9.17) is 5.73 Å². The van der Waals surface area contributed by atoms with E-state index in [9.17, 15) is 18.4 Å². The zero-order valence-electron chi connectivity index (χ0n) is 8.98. The van der Waals surface area contributed by atoms with Gasteiger partial charge in [-0.25, -0.2) is 8.78 Å². The zero-order valence-corrected chi connectivity index (χ0v) is 8.98. The van der Waals surface area contributed by atoms with Crippen molar-refractivity contribution in [1.82, 2.24) is 10.6 Å². The molecule has 1 saturated carbocycles. The summed E-state index contributed by atoms with van der Waals surface area (Å²) in [6.45, 7) is -1.67. The topological polar surface area (TPSA) is 84.2 Å². The largest absolute Gasteiger partial charge is 0.358 e. The van der Waals surface area contributed by atoms with Crippen molar-refractivity contribution in [3.63, 3.8) is 0 Å². The van der Waals surface area contributed by atoms with Crippen LogP contribution in [0, 0.1) is 5.41 Å². The van der Waals surface area contributed by atoms with E-state index in [1.807, 2.05) is 0 Å². The van der Waals surface area contributed by atoms with Crippen molar-refractivity contribution in [2.75, 3.05) is 20.1 Å². The molecule has 0 atom stereocenters. The van der Waals surface area contributed by atoms with Crippen molar-refractivity contribution < 1.29 is 18.4 Å². The molecule has 1 rings (SSSR count). The Morgan fingerprint density at radius 1 is 1.38 bits per heavy atom. The quantitative estimate of drug-likeness (QED) is 0.547. The Morgan fingerprint density at radius 3 is 2.31 bits per heavy atom. The van der Waals surface area contributed by atoms with E-state index in [2.05, 4.69) is 10.6 Å². The van der Waals surface area contributed by atoms with Gasteiger partial charge in [0.05, 0.1) is 13.1 Å². The lowest BCUT2D eigenvalue weighted by atomic mass is 10.1. The van der Waals surface area contributed by atoms with Gasteiger partial charge in [-0.1, -0.05) is 0 Å². The highest BCUT2D eigenvalue weighted by Crippen LogP contribution is 2.46. The predicted octanol–water partition coefficient (Wildman–Crippen LogP) is -0.777. The van der Waals surface area contributed by atoms with Crippen LogP contribution in [0.15, 0.2) is 0 Å². The summed E-state index contributed by atoms with van der Waals surface area (Å²) >= 11 is 0. The molecule has 1 aliphatic carbocycles. The van der Waals surface area contributed by atoms with E-state index in [0.29, 0.717) is 12.8 Å². The second-order valence-corrected chi connectivity index (χ2v) is 3.90. The Labute approximate surface area is 91.7 Å². The summed E-state index contributed by atoms with van der Waals surface area (Å²) in [5.41, 5.74) is 3.68. The second kappa shape index (κ2) is 4.32. The summed E-state index contributed by atoms with van der Waals surface area (Å²) in [5, 5.41) is 4.41. The number of hydrogen-bond donors (Lipinski definition) is 3. The third-order valence-electron chi connectivity index (χ3n) is 2.65. The molecule has 1 aliphatic rings. The van der Waals surface area contributed by atoms with Crippen LogP contribution < -0.4 is 16.4 Å². The Morgan fingerprint density at radius 2 is 1.94 bits per heavy atom. The molecule has 1 fully saturated rings. The second-order valence-electron chi connectivity index (χ2n) is 3.90. The molecule has 92 valence electrons. The van der Waals surface area contributed by atoms with Gasteiger partial charge in [0.15, 0.2) is 0 Å². The van der Waals surface area contributed by atoms with Crippen LogP contribution in [-0.4, -0.2) is 37.9 Å². The summed E-state index contributed by atoms with van der Waals surface area (Å²) in [4.78, 5) is 22.9. The van der Waals surface area contributed by atoms with Crippen LogP contribution in [0.5, 0.6) is 0 Å². The number of carbonyl (C=O) groups is 2. The fourth-order valence-electron chi connectivity index (χ4n) is 1.37. The molecule has 5 nitrogen and oxygen atoms in total. The van der Waals surface area contributed by atoms with Crippen LogP contribution in [-0.2, 0) is 9.59 Å². The highest BCUT2D eigenvalue weighted by Gasteiger charge is 2.56. The molecule has 4 N–H and O–H groups in total. The number of nitrogens with one attached hydrogen (secondary N) is 2. The van der Waals surface area contributed by atoms with Gasteiger partial charge >= 0.3 is 0 Å². The summed E-state index contributed by atoms with van der Waals surface area (Å²) in [5.74, 6) is -4.21. The highest BCUT2D eigenvalue weighted by molar-refractivity contribution is 6.07. The molecular formula is C9H15F2N3O2. The van der Waals surface area contributed by atoms with Crippen LogP contribution in [0.2, 0.25) is 0 Å². The van der Waals surface area contributed by atoms with Crippen molar-refractivity contribution in [2.45, 2.75) is 18.8 Å². The van der Waals surface area contributed by atoms with Crippen LogP contribution in [0.1, 0.15) is 12.8 Å². The summed E-state index contributed by atoms with van der Waals surface area (Å²) < 4.78 is 25.5. The molecule has 0 aromatic rings. The van der Waals surface area contributed by atoms with Crippen LogP contribution in [0.3, 0.4) is 0 Å². The van der Waals surface area contributed by atoms with Gasteiger partial charge in [-0.05, 0) is 12.8 Å². The third kappa shape index (κ3) is 2.46. The van der Waals surface area contributed by atoms with E-state index < -0.39 is 36.2 Å². The molecule has 0 bridgehead atoms. The van der Waals surface area contributed by atoms with E-state index in [-0.39, 0.29) is 0 Å². The van der Waals surface area contributed by atoms with E-state index in [1.54, 1.807) is 0 Å². The summed E-state index contributed by atoms with van der Waals surface area (Å²) in [6, 6.07) is 0. The van der Waals surface area contributed by atoms with E-state index >= 15 is 0 Å². The van der Waals surface area contributed by atoms with Gasteiger partial charge in [-0.2, -0.15) is 0 Å². The van der Waals surface area contributed by atoms with E-state index in [1.165, 1.54) is 7.05 Å². The van der Waals surface area contributed by atoms with Crippen molar-refractivity contribution in [3.8, 4) is 0 Å². The zero-order chi connectivity index (χ0) is 12.4. The van der Waals surface area contributed by atoms with Gasteiger partial charge in [0.1, 0.15) is 5.41 Å². The molecule has 0 aliphatic heterocycles. The molecule has 0 saturated heterocycles. The molecular weight excluding hydrogens is 220 g/mol. The van der Waals surface area contributed by atoms with Crippen molar-refractivity contribution >= 4 is 11.8 Å². The Balaban J connectivity index is 2.51. The van der Waals surface area contributed by atoms with Gasteiger partial charge in [0, 0.05) is 7.05 Å². The Bertz CT molecular complexity index is 303. The lowest BCUT2D eigenvalue weighted by molar-refractivity contribution is -0.138. The lowest BCUT2D eigenvalue weighted by Crippen LogP contribution is -2.47. The molecule has 0 unspecified atom stereocenters. The molecule has 7 heteroatoms. The average molecular weight is 235 g/mol. The number of hydrogen-bond acceptors (Lipinski definition) is 3. The number of amides is 2. The molecule has 0 spiro atoms. The maximum Gasteiger partial charge on any atom is 0.277 e. The minimum atomic E-state index is -3.13. The number of nitrogens with two attached hydrogens (primary N) is 1. The monoisotopic (exact) mass is 235 g/mol. The number of carbonyl (C=O) groups excluding carboxylic acids is 2. The molecule has 16 heavy (non-hydrogen) atoms. The minimum absolute atomic E-state index is 0.396. The van der Waals surface area contributed by atoms with Crippen LogP contribution in [0.25, 0.3) is 0 Å². The van der Waals surface area contributed by atoms with Gasteiger partial charge in [0.25, 0.3) is 5.92 Å². The van der Waals surface area contributed by atoms with Gasteiger partial charge < -0.3 is 16.4 Å². The maximum atomic E-state index is 12.8. The van der Waals surface area contributed by atoms with Crippen molar-refractivity contribution in [1.29, 1.82) is 0 Å².